The number of hydrogen-bond donors (Lipinski definition) is 0. The quantitative estimate of drug-likeness (QED) is 0.595. The summed E-state index contributed by atoms with van der Waals surface area (Å²) in [6.07, 6.45) is 0.0373. The van der Waals surface area contributed by atoms with Crippen LogP contribution in [0.15, 0.2) is 45.8 Å². The Kier molecular flexibility index (Phi) is 5.92. The van der Waals surface area contributed by atoms with Crippen molar-refractivity contribution in [1.82, 2.24) is 0 Å². The van der Waals surface area contributed by atoms with Gasteiger partial charge in [-0.25, -0.2) is 8.42 Å². The zero-order valence-electron chi connectivity index (χ0n) is 12.9. The number of benzene rings is 1. The third kappa shape index (κ3) is 5.47. The molecule has 116 valence electrons. The molecule has 0 atom stereocenters. The second-order valence-electron chi connectivity index (χ2n) is 5.73. The predicted octanol–water partition coefficient (Wildman–Crippen LogP) is 3.17. The number of rotatable bonds is 6. The van der Waals surface area contributed by atoms with Gasteiger partial charge in [0.05, 0.1) is 26.0 Å². The minimum atomic E-state index is -3.54. The summed E-state index contributed by atoms with van der Waals surface area (Å²) < 4.78 is 29.8. The highest BCUT2D eigenvalue weighted by molar-refractivity contribution is 7.94. The summed E-state index contributed by atoms with van der Waals surface area (Å²) in [7, 11) is -5.48. The Morgan fingerprint density at radius 1 is 1.19 bits per heavy atom. The Hall–Kier alpha value is -1.40. The van der Waals surface area contributed by atoms with Gasteiger partial charge in [-0.05, 0) is 19.1 Å². The molecule has 0 unspecified atom stereocenters. The van der Waals surface area contributed by atoms with Crippen LogP contribution in [0.3, 0.4) is 0 Å². The standard InChI is InChI=1S/C15H22O4SSi/c1-5-19-15(16)11-14(21(2,3)4)12-20(17,18)13-9-7-6-8-10-13/h6-10,12H,5,11H2,1-4H3/b14-12+. The topological polar surface area (TPSA) is 60.4 Å². The zero-order valence-corrected chi connectivity index (χ0v) is 14.7. The predicted molar refractivity (Wildman–Crippen MR) is 86.3 cm³/mol. The van der Waals surface area contributed by atoms with E-state index in [1.54, 1.807) is 37.3 Å². The Morgan fingerprint density at radius 3 is 2.24 bits per heavy atom. The maximum absolute atomic E-state index is 12.4. The smallest absolute Gasteiger partial charge is 0.309 e. The molecule has 0 amide bonds. The van der Waals surface area contributed by atoms with Crippen LogP contribution >= 0.6 is 0 Å². The van der Waals surface area contributed by atoms with E-state index in [2.05, 4.69) is 0 Å². The van der Waals surface area contributed by atoms with E-state index in [4.69, 9.17) is 4.74 Å². The van der Waals surface area contributed by atoms with Crippen molar-refractivity contribution >= 4 is 23.9 Å². The van der Waals surface area contributed by atoms with Crippen LogP contribution in [-0.2, 0) is 19.4 Å². The van der Waals surface area contributed by atoms with Crippen molar-refractivity contribution in [2.75, 3.05) is 6.61 Å². The molecule has 1 aromatic carbocycles. The molecule has 1 aromatic rings. The fourth-order valence-corrected chi connectivity index (χ4v) is 5.40. The highest BCUT2D eigenvalue weighted by Gasteiger charge is 2.25. The highest BCUT2D eigenvalue weighted by atomic mass is 32.2. The van der Waals surface area contributed by atoms with Crippen LogP contribution < -0.4 is 0 Å². The van der Waals surface area contributed by atoms with Crippen molar-refractivity contribution in [1.29, 1.82) is 0 Å². The average molecular weight is 326 g/mol. The molecule has 0 bridgehead atoms. The number of hydrogen-bond acceptors (Lipinski definition) is 4. The molecule has 0 aromatic heterocycles. The molecule has 0 fully saturated rings. The second kappa shape index (κ2) is 7.04. The molecule has 0 N–H and O–H groups in total. The first-order chi connectivity index (χ1) is 9.66. The highest BCUT2D eigenvalue weighted by Crippen LogP contribution is 2.23. The van der Waals surface area contributed by atoms with Crippen LogP contribution in [0, 0.1) is 0 Å². The molecule has 0 heterocycles. The molecule has 0 saturated carbocycles. The minimum absolute atomic E-state index is 0.0373. The van der Waals surface area contributed by atoms with Crippen LogP contribution in [0.25, 0.3) is 0 Å². The molecule has 6 heteroatoms. The number of carbonyl (C=O) groups excluding carboxylic acids is 1. The average Bonchev–Trinajstić information content (AvgIpc) is 2.38. The van der Waals surface area contributed by atoms with Gasteiger partial charge in [0, 0.05) is 5.41 Å². The molecule has 4 nitrogen and oxygen atoms in total. The number of sulfone groups is 1. The SMILES string of the molecule is CCOC(=O)C/C(=C\S(=O)(=O)c1ccccc1)[Si](C)(C)C. The van der Waals surface area contributed by atoms with Gasteiger partial charge in [-0.2, -0.15) is 0 Å². The van der Waals surface area contributed by atoms with Gasteiger partial charge in [-0.15, -0.1) is 0 Å². The van der Waals surface area contributed by atoms with E-state index in [0.717, 1.165) is 0 Å². The van der Waals surface area contributed by atoms with Crippen molar-refractivity contribution in [2.45, 2.75) is 37.9 Å². The Labute approximate surface area is 127 Å². The van der Waals surface area contributed by atoms with Gasteiger partial charge < -0.3 is 4.74 Å². The van der Waals surface area contributed by atoms with E-state index in [9.17, 15) is 13.2 Å². The molecule has 1 rings (SSSR count). The van der Waals surface area contributed by atoms with Gasteiger partial charge in [0.2, 0.25) is 0 Å². The van der Waals surface area contributed by atoms with Gasteiger partial charge in [-0.1, -0.05) is 43.0 Å². The number of carbonyl (C=O) groups is 1. The molecular weight excluding hydrogens is 304 g/mol. The lowest BCUT2D eigenvalue weighted by Crippen LogP contribution is -2.27. The van der Waals surface area contributed by atoms with E-state index in [1.165, 1.54) is 5.41 Å². The van der Waals surface area contributed by atoms with Gasteiger partial charge in [-0.3, -0.25) is 4.79 Å². The van der Waals surface area contributed by atoms with Crippen molar-refractivity contribution in [3.8, 4) is 0 Å². The molecule has 0 aliphatic carbocycles. The summed E-state index contributed by atoms with van der Waals surface area (Å²) in [4.78, 5) is 11.9. The maximum Gasteiger partial charge on any atom is 0.309 e. The van der Waals surface area contributed by atoms with E-state index >= 15 is 0 Å². The van der Waals surface area contributed by atoms with Crippen LogP contribution in [0.4, 0.5) is 0 Å². The van der Waals surface area contributed by atoms with Gasteiger partial charge in [0.1, 0.15) is 0 Å². The Balaban J connectivity index is 3.17. The second-order valence-corrected chi connectivity index (χ2v) is 12.7. The van der Waals surface area contributed by atoms with Crippen LogP contribution in [0.5, 0.6) is 0 Å². The first-order valence-electron chi connectivity index (χ1n) is 6.83. The molecule has 21 heavy (non-hydrogen) atoms. The van der Waals surface area contributed by atoms with Gasteiger partial charge in [0.15, 0.2) is 9.84 Å². The maximum atomic E-state index is 12.4. The molecule has 0 radical (unpaired) electrons. The molecule has 0 spiro atoms. The third-order valence-electron chi connectivity index (χ3n) is 2.97. The van der Waals surface area contributed by atoms with Crippen molar-refractivity contribution in [3.63, 3.8) is 0 Å². The van der Waals surface area contributed by atoms with Crippen LogP contribution in [0.1, 0.15) is 13.3 Å². The molecule has 0 aliphatic rings. The monoisotopic (exact) mass is 326 g/mol. The largest absolute Gasteiger partial charge is 0.466 e. The number of esters is 1. The Morgan fingerprint density at radius 2 is 1.76 bits per heavy atom. The summed E-state index contributed by atoms with van der Waals surface area (Å²) >= 11 is 0. The lowest BCUT2D eigenvalue weighted by molar-refractivity contribution is -0.142. The summed E-state index contributed by atoms with van der Waals surface area (Å²) in [5.74, 6) is -0.380. The van der Waals surface area contributed by atoms with Crippen LogP contribution in [-0.4, -0.2) is 29.1 Å². The molecule has 0 aliphatic heterocycles. The molecule has 0 saturated heterocycles. The van der Waals surface area contributed by atoms with Gasteiger partial charge >= 0.3 is 5.97 Å². The normalized spacial score (nSPS) is 13.0. The number of ether oxygens (including phenoxy) is 1. The minimum Gasteiger partial charge on any atom is -0.466 e. The van der Waals surface area contributed by atoms with E-state index in [0.29, 0.717) is 11.8 Å². The Bertz CT molecular complexity index is 613. The fraction of sp³-hybridized carbons (Fsp3) is 0.400. The van der Waals surface area contributed by atoms with Crippen molar-refractivity contribution in [2.24, 2.45) is 0 Å². The summed E-state index contributed by atoms with van der Waals surface area (Å²) in [5.41, 5.74) is 0. The summed E-state index contributed by atoms with van der Waals surface area (Å²) in [6.45, 7) is 8.06. The third-order valence-corrected chi connectivity index (χ3v) is 6.95. The van der Waals surface area contributed by atoms with Crippen LogP contribution in [0.2, 0.25) is 19.6 Å². The van der Waals surface area contributed by atoms with Gasteiger partial charge in [0.25, 0.3) is 0 Å². The summed E-state index contributed by atoms with van der Waals surface area (Å²) in [5, 5.41) is 1.93. The zero-order chi connectivity index (χ0) is 16.1. The lowest BCUT2D eigenvalue weighted by atomic mass is 10.4. The van der Waals surface area contributed by atoms with Crippen molar-refractivity contribution in [3.05, 3.63) is 40.9 Å². The van der Waals surface area contributed by atoms with Crippen molar-refractivity contribution < 1.29 is 17.9 Å². The van der Waals surface area contributed by atoms with E-state index in [1.807, 2.05) is 19.6 Å². The first kappa shape index (κ1) is 17.6. The van der Waals surface area contributed by atoms with E-state index < -0.39 is 17.9 Å². The first-order valence-corrected chi connectivity index (χ1v) is 11.9. The molecular formula is C15H22O4SSi. The summed E-state index contributed by atoms with van der Waals surface area (Å²) in [6, 6.07) is 8.23. The lowest BCUT2D eigenvalue weighted by Gasteiger charge is -2.20. The fourth-order valence-electron chi connectivity index (χ4n) is 1.72. The van der Waals surface area contributed by atoms with E-state index in [-0.39, 0.29) is 17.3 Å².